The van der Waals surface area contributed by atoms with E-state index in [0.717, 1.165) is 26.2 Å². The number of ether oxygens (including phenoxy) is 1. The molecule has 1 atom stereocenters. The fraction of sp³-hybridized carbons (Fsp3) is 0.857. The molecule has 1 N–H and O–H groups in total. The maximum absolute atomic E-state index is 5.18. The second kappa shape index (κ2) is 7.85. The molecule has 0 radical (unpaired) electrons. The Morgan fingerprint density at radius 2 is 2.35 bits per heavy atom. The van der Waals surface area contributed by atoms with E-state index in [0.29, 0.717) is 5.54 Å². The number of nitrogens with one attached hydrogen (secondary N) is 1. The summed E-state index contributed by atoms with van der Waals surface area (Å²) in [6.45, 7) is 11.2. The standard InChI is InChI=1S/C14H28N2O/c1-4-7-14(8-6-9-15-14)13-16(10-5-2)11-12-17-3/h5,15H,2,4,6-13H2,1,3H3. The predicted octanol–water partition coefficient (Wildman–Crippen LogP) is 2.04. The molecule has 0 amide bonds. The molecule has 0 aromatic carbocycles. The van der Waals surface area contributed by atoms with E-state index in [9.17, 15) is 0 Å². The summed E-state index contributed by atoms with van der Waals surface area (Å²) in [6, 6.07) is 0. The fourth-order valence-electron chi connectivity index (χ4n) is 2.84. The van der Waals surface area contributed by atoms with Crippen LogP contribution in [0.4, 0.5) is 0 Å². The summed E-state index contributed by atoms with van der Waals surface area (Å²) in [5.41, 5.74) is 0.339. The molecule has 1 rings (SSSR count). The third kappa shape index (κ3) is 4.78. The summed E-state index contributed by atoms with van der Waals surface area (Å²) in [4.78, 5) is 2.45. The molecule has 1 fully saturated rings. The van der Waals surface area contributed by atoms with Crippen LogP contribution in [-0.4, -0.2) is 50.3 Å². The Morgan fingerprint density at radius 3 is 2.88 bits per heavy atom. The Kier molecular flexibility index (Phi) is 6.78. The summed E-state index contributed by atoms with van der Waals surface area (Å²) < 4.78 is 5.18. The van der Waals surface area contributed by atoms with E-state index in [1.165, 1.54) is 32.2 Å². The minimum Gasteiger partial charge on any atom is -0.383 e. The molecular formula is C14H28N2O. The van der Waals surface area contributed by atoms with Crippen LogP contribution < -0.4 is 5.32 Å². The van der Waals surface area contributed by atoms with Crippen molar-refractivity contribution in [1.82, 2.24) is 10.2 Å². The zero-order chi connectivity index (χ0) is 12.6. The molecule has 0 aromatic rings. The highest BCUT2D eigenvalue weighted by Crippen LogP contribution is 2.25. The highest BCUT2D eigenvalue weighted by Gasteiger charge is 2.33. The largest absolute Gasteiger partial charge is 0.383 e. The maximum Gasteiger partial charge on any atom is 0.0589 e. The van der Waals surface area contributed by atoms with Crippen molar-refractivity contribution in [2.24, 2.45) is 0 Å². The van der Waals surface area contributed by atoms with Gasteiger partial charge in [-0.3, -0.25) is 4.90 Å². The lowest BCUT2D eigenvalue weighted by Crippen LogP contribution is -2.50. The molecule has 100 valence electrons. The third-order valence-corrected chi connectivity index (χ3v) is 3.59. The molecule has 1 unspecified atom stereocenters. The zero-order valence-electron chi connectivity index (χ0n) is 11.5. The summed E-state index contributed by atoms with van der Waals surface area (Å²) in [7, 11) is 1.77. The molecule has 1 aliphatic heterocycles. The number of methoxy groups -OCH3 is 1. The molecule has 1 saturated heterocycles. The summed E-state index contributed by atoms with van der Waals surface area (Å²) in [6.07, 6.45) is 7.13. The van der Waals surface area contributed by atoms with Gasteiger partial charge < -0.3 is 10.1 Å². The molecule has 1 aliphatic rings. The lowest BCUT2D eigenvalue weighted by atomic mass is 9.91. The molecule has 1 heterocycles. The Bertz CT molecular complexity index is 212. The van der Waals surface area contributed by atoms with Crippen molar-refractivity contribution in [2.75, 3.05) is 39.9 Å². The van der Waals surface area contributed by atoms with E-state index in [4.69, 9.17) is 4.74 Å². The topological polar surface area (TPSA) is 24.5 Å². The van der Waals surface area contributed by atoms with Crippen molar-refractivity contribution < 1.29 is 4.74 Å². The second-order valence-corrected chi connectivity index (χ2v) is 5.08. The average Bonchev–Trinajstić information content (AvgIpc) is 2.75. The van der Waals surface area contributed by atoms with Crippen LogP contribution >= 0.6 is 0 Å². The Morgan fingerprint density at radius 1 is 1.53 bits per heavy atom. The number of nitrogens with zero attached hydrogens (tertiary/aromatic N) is 1. The van der Waals surface area contributed by atoms with Crippen molar-refractivity contribution in [3.63, 3.8) is 0 Å². The van der Waals surface area contributed by atoms with E-state index in [1.54, 1.807) is 7.11 Å². The molecule has 0 spiro atoms. The Labute approximate surface area is 106 Å². The van der Waals surface area contributed by atoms with Gasteiger partial charge in [0.25, 0.3) is 0 Å². The number of hydrogen-bond acceptors (Lipinski definition) is 3. The highest BCUT2D eigenvalue weighted by atomic mass is 16.5. The van der Waals surface area contributed by atoms with Crippen molar-refractivity contribution in [3.8, 4) is 0 Å². The minimum atomic E-state index is 0.339. The molecule has 0 aromatic heterocycles. The third-order valence-electron chi connectivity index (χ3n) is 3.59. The minimum absolute atomic E-state index is 0.339. The van der Waals surface area contributed by atoms with Gasteiger partial charge in [0.2, 0.25) is 0 Å². The van der Waals surface area contributed by atoms with Gasteiger partial charge in [0.1, 0.15) is 0 Å². The van der Waals surface area contributed by atoms with Crippen LogP contribution in [0.15, 0.2) is 12.7 Å². The van der Waals surface area contributed by atoms with Gasteiger partial charge in [-0.2, -0.15) is 0 Å². The SMILES string of the molecule is C=CCN(CCOC)CC1(CCC)CCCN1. The summed E-state index contributed by atoms with van der Waals surface area (Å²) >= 11 is 0. The first-order valence-corrected chi connectivity index (χ1v) is 6.83. The maximum atomic E-state index is 5.18. The molecule has 0 saturated carbocycles. The number of rotatable bonds is 9. The van der Waals surface area contributed by atoms with Gasteiger partial charge in [-0.1, -0.05) is 19.4 Å². The van der Waals surface area contributed by atoms with Crippen LogP contribution in [-0.2, 0) is 4.74 Å². The zero-order valence-corrected chi connectivity index (χ0v) is 11.5. The first kappa shape index (κ1) is 14.7. The average molecular weight is 240 g/mol. The van der Waals surface area contributed by atoms with E-state index < -0.39 is 0 Å². The molecule has 0 aliphatic carbocycles. The quantitative estimate of drug-likeness (QED) is 0.624. The second-order valence-electron chi connectivity index (χ2n) is 5.08. The van der Waals surface area contributed by atoms with Crippen LogP contribution in [0.1, 0.15) is 32.6 Å². The van der Waals surface area contributed by atoms with E-state index in [-0.39, 0.29) is 0 Å². The predicted molar refractivity (Wildman–Crippen MR) is 73.4 cm³/mol. The Hall–Kier alpha value is -0.380. The lowest BCUT2D eigenvalue weighted by Gasteiger charge is -2.35. The Balaban J connectivity index is 2.51. The first-order valence-electron chi connectivity index (χ1n) is 6.83. The normalized spacial score (nSPS) is 24.4. The molecule has 17 heavy (non-hydrogen) atoms. The monoisotopic (exact) mass is 240 g/mol. The van der Waals surface area contributed by atoms with E-state index in [2.05, 4.69) is 23.7 Å². The molecular weight excluding hydrogens is 212 g/mol. The highest BCUT2D eigenvalue weighted by molar-refractivity contribution is 4.96. The molecule has 3 heteroatoms. The summed E-state index contributed by atoms with van der Waals surface area (Å²) in [5, 5.41) is 3.72. The fourth-order valence-corrected chi connectivity index (χ4v) is 2.84. The van der Waals surface area contributed by atoms with Crippen LogP contribution in [0.25, 0.3) is 0 Å². The van der Waals surface area contributed by atoms with Crippen molar-refractivity contribution in [1.29, 1.82) is 0 Å². The van der Waals surface area contributed by atoms with Gasteiger partial charge in [0, 0.05) is 32.3 Å². The lowest BCUT2D eigenvalue weighted by molar-refractivity contribution is 0.130. The smallest absolute Gasteiger partial charge is 0.0589 e. The van der Waals surface area contributed by atoms with E-state index >= 15 is 0 Å². The van der Waals surface area contributed by atoms with Gasteiger partial charge in [-0.05, 0) is 25.8 Å². The van der Waals surface area contributed by atoms with Gasteiger partial charge in [-0.15, -0.1) is 6.58 Å². The van der Waals surface area contributed by atoms with Crippen LogP contribution in [0.3, 0.4) is 0 Å². The number of hydrogen-bond donors (Lipinski definition) is 1. The molecule has 3 nitrogen and oxygen atoms in total. The van der Waals surface area contributed by atoms with Crippen LogP contribution in [0.5, 0.6) is 0 Å². The van der Waals surface area contributed by atoms with Crippen LogP contribution in [0, 0.1) is 0 Å². The molecule has 0 bridgehead atoms. The van der Waals surface area contributed by atoms with Crippen molar-refractivity contribution >= 4 is 0 Å². The van der Waals surface area contributed by atoms with Gasteiger partial charge in [0.05, 0.1) is 6.61 Å². The van der Waals surface area contributed by atoms with Crippen molar-refractivity contribution in [3.05, 3.63) is 12.7 Å². The van der Waals surface area contributed by atoms with Crippen LogP contribution in [0.2, 0.25) is 0 Å². The van der Waals surface area contributed by atoms with Gasteiger partial charge >= 0.3 is 0 Å². The summed E-state index contributed by atoms with van der Waals surface area (Å²) in [5.74, 6) is 0. The van der Waals surface area contributed by atoms with Gasteiger partial charge in [0.15, 0.2) is 0 Å². The van der Waals surface area contributed by atoms with E-state index in [1.807, 2.05) is 6.08 Å². The van der Waals surface area contributed by atoms with Gasteiger partial charge in [-0.25, -0.2) is 0 Å². The van der Waals surface area contributed by atoms with Crippen molar-refractivity contribution in [2.45, 2.75) is 38.1 Å². The first-order chi connectivity index (χ1) is 8.26.